The number of aromatic carboxylic acids is 1. The molecule has 1 saturated heterocycles. The molecule has 1 fully saturated rings. The van der Waals surface area contributed by atoms with Crippen molar-refractivity contribution < 1.29 is 35.1 Å². The van der Waals surface area contributed by atoms with Crippen molar-refractivity contribution >= 4 is 11.7 Å². The molecule has 8 nitrogen and oxygen atoms in total. The lowest BCUT2D eigenvalue weighted by Gasteiger charge is -2.40. The average Bonchev–Trinajstić information content (AvgIpc) is 2.48. The van der Waals surface area contributed by atoms with Crippen LogP contribution in [-0.2, 0) is 4.74 Å². The number of carbonyl (C=O) groups is 1. The molecule has 21 heavy (non-hydrogen) atoms. The number of aliphatic hydroxyl groups is 4. The number of hydrogen-bond acceptors (Lipinski definition) is 8. The maximum atomic E-state index is 10.8. The zero-order valence-corrected chi connectivity index (χ0v) is 10.9. The fourth-order valence-corrected chi connectivity index (χ4v) is 2.12. The van der Waals surface area contributed by atoms with Crippen LogP contribution >= 0.6 is 0 Å². The molecule has 5 N–H and O–H groups in total. The molecule has 5 atom stereocenters. The normalized spacial score (nSPS) is 32.7. The van der Waals surface area contributed by atoms with E-state index >= 15 is 0 Å². The molecular weight excluding hydrogens is 282 g/mol. The van der Waals surface area contributed by atoms with E-state index < -0.39 is 43.2 Å². The quantitative estimate of drug-likeness (QED) is 0.403. The largest absolute Gasteiger partial charge is 0.545 e. The van der Waals surface area contributed by atoms with Crippen molar-refractivity contribution in [3.8, 4) is 0 Å². The van der Waals surface area contributed by atoms with Crippen LogP contribution < -0.4 is 10.4 Å². The summed E-state index contributed by atoms with van der Waals surface area (Å²) < 4.78 is 5.25. The van der Waals surface area contributed by atoms with Crippen molar-refractivity contribution in [1.29, 1.82) is 0 Å². The predicted molar refractivity (Wildman–Crippen MR) is 68.2 cm³/mol. The Morgan fingerprint density at radius 2 is 1.95 bits per heavy atom. The van der Waals surface area contributed by atoms with Gasteiger partial charge in [-0.05, 0) is 17.7 Å². The van der Waals surface area contributed by atoms with E-state index in [0.717, 1.165) is 0 Å². The van der Waals surface area contributed by atoms with Gasteiger partial charge in [-0.25, -0.2) is 0 Å². The van der Waals surface area contributed by atoms with E-state index in [1.165, 1.54) is 24.3 Å². The van der Waals surface area contributed by atoms with E-state index in [4.69, 9.17) is 9.84 Å². The Morgan fingerprint density at radius 1 is 1.24 bits per heavy atom. The average molecular weight is 298 g/mol. The molecule has 0 saturated carbocycles. The van der Waals surface area contributed by atoms with Gasteiger partial charge in [-0.2, -0.15) is 0 Å². The number of aliphatic hydroxyl groups excluding tert-OH is 4. The van der Waals surface area contributed by atoms with Gasteiger partial charge < -0.3 is 40.4 Å². The Hall–Kier alpha value is -1.71. The molecule has 1 aliphatic rings. The number of benzene rings is 1. The van der Waals surface area contributed by atoms with Crippen molar-refractivity contribution in [3.05, 3.63) is 29.8 Å². The van der Waals surface area contributed by atoms with Crippen LogP contribution in [0.15, 0.2) is 24.3 Å². The van der Waals surface area contributed by atoms with Crippen LogP contribution in [0.25, 0.3) is 0 Å². The lowest BCUT2D eigenvalue weighted by Crippen LogP contribution is -2.60. The summed E-state index contributed by atoms with van der Waals surface area (Å²) in [7, 11) is 0. The van der Waals surface area contributed by atoms with E-state index in [9.17, 15) is 25.2 Å². The summed E-state index contributed by atoms with van der Waals surface area (Å²) in [5.41, 5.74) is 0.255. The summed E-state index contributed by atoms with van der Waals surface area (Å²) in [4.78, 5) is 10.8. The first kappa shape index (κ1) is 15.7. The topological polar surface area (TPSA) is 142 Å². The second-order valence-electron chi connectivity index (χ2n) is 4.76. The highest BCUT2D eigenvalue weighted by Gasteiger charge is 2.43. The molecule has 8 heteroatoms. The highest BCUT2D eigenvalue weighted by Crippen LogP contribution is 2.23. The minimum Gasteiger partial charge on any atom is -0.545 e. The lowest BCUT2D eigenvalue weighted by atomic mass is 9.98. The van der Waals surface area contributed by atoms with E-state index in [2.05, 4.69) is 5.32 Å². The molecule has 1 aliphatic heterocycles. The van der Waals surface area contributed by atoms with Crippen molar-refractivity contribution in [2.45, 2.75) is 30.6 Å². The van der Waals surface area contributed by atoms with Crippen LogP contribution in [0.2, 0.25) is 0 Å². The van der Waals surface area contributed by atoms with Crippen molar-refractivity contribution in [1.82, 2.24) is 0 Å². The predicted octanol–water partition coefficient (Wildman–Crippen LogP) is -2.74. The first-order valence-corrected chi connectivity index (χ1v) is 6.32. The summed E-state index contributed by atoms with van der Waals surface area (Å²) in [5, 5.41) is 51.7. The standard InChI is InChI=1S/C13H17NO7/c15-5-8-9(16)10(17)11(18)12(21-8)14-7-3-1-2-6(4-7)13(19)20/h1-4,8-12,14-18H,5H2,(H,19,20)/p-1/t8-,9-,10-,11-,12+/m1/s1. The minimum atomic E-state index is -1.50. The number of ether oxygens (including phenoxy) is 1. The monoisotopic (exact) mass is 298 g/mol. The third kappa shape index (κ3) is 3.31. The zero-order valence-electron chi connectivity index (χ0n) is 10.9. The number of rotatable bonds is 4. The fraction of sp³-hybridized carbons (Fsp3) is 0.462. The Labute approximate surface area is 120 Å². The van der Waals surface area contributed by atoms with Gasteiger partial charge in [-0.3, -0.25) is 0 Å². The van der Waals surface area contributed by atoms with Crippen LogP contribution in [0.3, 0.4) is 0 Å². The molecule has 0 amide bonds. The minimum absolute atomic E-state index is 0.0652. The number of anilines is 1. The summed E-state index contributed by atoms with van der Waals surface area (Å²) in [6.45, 7) is -0.539. The third-order valence-electron chi connectivity index (χ3n) is 3.30. The molecule has 116 valence electrons. The van der Waals surface area contributed by atoms with Crippen molar-refractivity contribution in [2.75, 3.05) is 11.9 Å². The molecule has 0 radical (unpaired) electrons. The zero-order chi connectivity index (χ0) is 15.6. The molecule has 0 aromatic heterocycles. The van der Waals surface area contributed by atoms with Gasteiger partial charge in [0.05, 0.1) is 12.6 Å². The van der Waals surface area contributed by atoms with E-state index in [1.807, 2.05) is 0 Å². The van der Waals surface area contributed by atoms with Gasteiger partial charge in [0.2, 0.25) is 0 Å². The number of carbonyl (C=O) groups excluding carboxylic acids is 1. The Bertz CT molecular complexity index is 507. The van der Waals surface area contributed by atoms with Crippen LogP contribution in [0.1, 0.15) is 10.4 Å². The number of nitrogens with one attached hydrogen (secondary N) is 1. The summed E-state index contributed by atoms with van der Waals surface area (Å²) in [6, 6.07) is 5.62. The smallest absolute Gasteiger partial charge is 0.157 e. The number of hydrogen-bond donors (Lipinski definition) is 5. The van der Waals surface area contributed by atoms with Gasteiger partial charge >= 0.3 is 0 Å². The van der Waals surface area contributed by atoms with E-state index in [1.54, 1.807) is 0 Å². The highest BCUT2D eigenvalue weighted by atomic mass is 16.6. The summed E-state index contributed by atoms with van der Waals surface area (Å²) in [6.07, 6.45) is -6.55. The SMILES string of the molecule is O=C([O-])c1cccc(N[C@H]2O[C@H](CO)[C@@H](O)[C@@H](O)[C@H]2O)c1. The molecule has 1 aromatic carbocycles. The molecule has 0 aliphatic carbocycles. The van der Waals surface area contributed by atoms with Gasteiger partial charge in [-0.15, -0.1) is 0 Å². The third-order valence-corrected chi connectivity index (χ3v) is 3.30. The number of carboxylic acids is 1. The van der Waals surface area contributed by atoms with Crippen molar-refractivity contribution in [3.63, 3.8) is 0 Å². The second kappa shape index (κ2) is 6.37. The van der Waals surface area contributed by atoms with Gasteiger partial charge in [0, 0.05) is 5.69 Å². The highest BCUT2D eigenvalue weighted by molar-refractivity contribution is 5.87. The molecule has 1 heterocycles. The lowest BCUT2D eigenvalue weighted by molar-refractivity contribution is -0.255. The van der Waals surface area contributed by atoms with E-state index in [0.29, 0.717) is 5.69 Å². The van der Waals surface area contributed by atoms with Gasteiger partial charge in [0.15, 0.2) is 6.23 Å². The molecule has 2 rings (SSSR count). The maximum Gasteiger partial charge on any atom is 0.157 e. The van der Waals surface area contributed by atoms with Crippen LogP contribution in [-0.4, -0.2) is 63.6 Å². The molecule has 0 bridgehead atoms. The molecule has 0 spiro atoms. The van der Waals surface area contributed by atoms with Gasteiger partial charge in [-0.1, -0.05) is 12.1 Å². The van der Waals surface area contributed by atoms with Crippen LogP contribution in [0.5, 0.6) is 0 Å². The molecule has 1 aromatic rings. The first-order chi connectivity index (χ1) is 9.93. The maximum absolute atomic E-state index is 10.8. The summed E-state index contributed by atoms with van der Waals surface area (Å²) >= 11 is 0. The van der Waals surface area contributed by atoms with Crippen LogP contribution in [0, 0.1) is 0 Å². The first-order valence-electron chi connectivity index (χ1n) is 6.32. The second-order valence-corrected chi connectivity index (χ2v) is 4.76. The van der Waals surface area contributed by atoms with Crippen LogP contribution in [0.4, 0.5) is 5.69 Å². The molecular formula is C13H16NO7-. The Morgan fingerprint density at radius 3 is 2.57 bits per heavy atom. The Balaban J connectivity index is 2.14. The number of carboxylic acid groups (broad SMARTS) is 1. The van der Waals surface area contributed by atoms with Crippen molar-refractivity contribution in [2.24, 2.45) is 0 Å². The van der Waals surface area contributed by atoms with E-state index in [-0.39, 0.29) is 5.56 Å². The van der Waals surface area contributed by atoms with Gasteiger partial charge in [0.1, 0.15) is 24.4 Å². The Kier molecular flexibility index (Phi) is 4.76. The molecule has 0 unspecified atom stereocenters. The van der Waals surface area contributed by atoms with Gasteiger partial charge in [0.25, 0.3) is 0 Å². The summed E-state index contributed by atoms with van der Waals surface area (Å²) in [5.74, 6) is -1.35. The fourth-order valence-electron chi connectivity index (χ4n) is 2.12.